The fourth-order valence-electron chi connectivity index (χ4n) is 2.52. The molecule has 0 aromatic heterocycles. The SMILES string of the molecule is O=C1CCCN1c1ccc(OCCOc2ccccc2Cl)cc1. The van der Waals surface area contributed by atoms with Crippen molar-refractivity contribution in [2.24, 2.45) is 0 Å². The molecule has 0 saturated carbocycles. The van der Waals surface area contributed by atoms with Crippen molar-refractivity contribution >= 4 is 23.2 Å². The highest BCUT2D eigenvalue weighted by Crippen LogP contribution is 2.24. The molecule has 4 nitrogen and oxygen atoms in total. The molecule has 23 heavy (non-hydrogen) atoms. The number of para-hydroxylation sites is 1. The van der Waals surface area contributed by atoms with Gasteiger partial charge in [-0.2, -0.15) is 0 Å². The molecule has 0 radical (unpaired) electrons. The summed E-state index contributed by atoms with van der Waals surface area (Å²) in [6.45, 7) is 1.63. The van der Waals surface area contributed by atoms with E-state index < -0.39 is 0 Å². The maximum atomic E-state index is 11.7. The Balaban J connectivity index is 1.47. The van der Waals surface area contributed by atoms with E-state index in [1.807, 2.05) is 47.4 Å². The van der Waals surface area contributed by atoms with Gasteiger partial charge >= 0.3 is 0 Å². The third-order valence-corrected chi connectivity index (χ3v) is 3.98. The van der Waals surface area contributed by atoms with Crippen molar-refractivity contribution in [3.05, 3.63) is 53.6 Å². The number of halogens is 1. The second kappa shape index (κ2) is 7.38. The van der Waals surface area contributed by atoms with Crippen molar-refractivity contribution in [2.45, 2.75) is 12.8 Å². The van der Waals surface area contributed by atoms with Gasteiger partial charge in [0.05, 0.1) is 5.02 Å². The molecular formula is C18H18ClNO3. The number of anilines is 1. The van der Waals surface area contributed by atoms with Crippen molar-refractivity contribution in [3.63, 3.8) is 0 Å². The molecule has 0 bridgehead atoms. The Kier molecular flexibility index (Phi) is 5.03. The number of nitrogens with zero attached hydrogens (tertiary/aromatic N) is 1. The van der Waals surface area contributed by atoms with Crippen LogP contribution in [0.5, 0.6) is 11.5 Å². The zero-order valence-electron chi connectivity index (χ0n) is 12.7. The number of carbonyl (C=O) groups is 1. The minimum Gasteiger partial charge on any atom is -0.490 e. The van der Waals surface area contributed by atoms with E-state index in [1.54, 1.807) is 6.07 Å². The molecule has 0 N–H and O–H groups in total. The number of ether oxygens (including phenoxy) is 2. The lowest BCUT2D eigenvalue weighted by molar-refractivity contribution is -0.117. The molecule has 1 aliphatic heterocycles. The Bertz CT molecular complexity index is 672. The minimum atomic E-state index is 0.187. The van der Waals surface area contributed by atoms with E-state index in [-0.39, 0.29) is 5.91 Å². The second-order valence-electron chi connectivity index (χ2n) is 5.27. The van der Waals surface area contributed by atoms with Gasteiger partial charge in [0.25, 0.3) is 0 Å². The van der Waals surface area contributed by atoms with Crippen molar-refractivity contribution < 1.29 is 14.3 Å². The number of hydrogen-bond donors (Lipinski definition) is 0. The Morgan fingerprint density at radius 3 is 2.43 bits per heavy atom. The molecule has 0 unspecified atom stereocenters. The van der Waals surface area contributed by atoms with Gasteiger partial charge in [0.15, 0.2) is 0 Å². The molecule has 1 fully saturated rings. The van der Waals surface area contributed by atoms with Gasteiger partial charge in [-0.15, -0.1) is 0 Å². The topological polar surface area (TPSA) is 38.8 Å². The van der Waals surface area contributed by atoms with Crippen molar-refractivity contribution in [2.75, 3.05) is 24.7 Å². The molecule has 2 aromatic rings. The maximum Gasteiger partial charge on any atom is 0.227 e. The van der Waals surface area contributed by atoms with E-state index in [0.29, 0.717) is 30.4 Å². The van der Waals surface area contributed by atoms with Crippen LogP contribution in [0.15, 0.2) is 48.5 Å². The van der Waals surface area contributed by atoms with Crippen LogP contribution in [0.4, 0.5) is 5.69 Å². The average Bonchev–Trinajstić information content (AvgIpc) is 3.00. The fourth-order valence-corrected chi connectivity index (χ4v) is 2.71. The standard InChI is InChI=1S/C18H18ClNO3/c19-16-4-1-2-5-17(16)23-13-12-22-15-9-7-14(8-10-15)20-11-3-6-18(20)21/h1-2,4-5,7-10H,3,6,11-13H2. The molecule has 1 aliphatic rings. The summed E-state index contributed by atoms with van der Waals surface area (Å²) < 4.78 is 11.2. The first-order chi connectivity index (χ1) is 11.2. The zero-order valence-corrected chi connectivity index (χ0v) is 13.5. The largest absolute Gasteiger partial charge is 0.490 e. The fraction of sp³-hybridized carbons (Fsp3) is 0.278. The van der Waals surface area contributed by atoms with Crippen molar-refractivity contribution in [1.82, 2.24) is 0 Å². The lowest BCUT2D eigenvalue weighted by Gasteiger charge is -2.16. The van der Waals surface area contributed by atoms with E-state index in [9.17, 15) is 4.79 Å². The summed E-state index contributed by atoms with van der Waals surface area (Å²) >= 11 is 6.01. The third kappa shape index (κ3) is 3.96. The zero-order chi connectivity index (χ0) is 16.1. The van der Waals surface area contributed by atoms with Gasteiger partial charge in [-0.3, -0.25) is 4.79 Å². The number of rotatable bonds is 6. The Morgan fingerprint density at radius 1 is 1.00 bits per heavy atom. The van der Waals surface area contributed by atoms with Gasteiger partial charge in [0, 0.05) is 18.7 Å². The summed E-state index contributed by atoms with van der Waals surface area (Å²) in [7, 11) is 0. The van der Waals surface area contributed by atoms with Crippen molar-refractivity contribution in [3.8, 4) is 11.5 Å². The highest BCUT2D eigenvalue weighted by atomic mass is 35.5. The molecule has 1 heterocycles. The number of hydrogen-bond acceptors (Lipinski definition) is 3. The van der Waals surface area contributed by atoms with Gasteiger partial charge in [0.2, 0.25) is 5.91 Å². The lowest BCUT2D eigenvalue weighted by atomic mass is 10.3. The molecule has 2 aromatic carbocycles. The number of benzene rings is 2. The molecule has 5 heteroatoms. The molecule has 1 saturated heterocycles. The summed E-state index contributed by atoms with van der Waals surface area (Å²) in [5.41, 5.74) is 0.923. The Labute approximate surface area is 140 Å². The van der Waals surface area contributed by atoms with Gasteiger partial charge in [-0.1, -0.05) is 23.7 Å². The molecule has 120 valence electrons. The molecule has 0 atom stereocenters. The molecule has 3 rings (SSSR count). The first kappa shape index (κ1) is 15.7. The van der Waals surface area contributed by atoms with Gasteiger partial charge in [0.1, 0.15) is 24.7 Å². The van der Waals surface area contributed by atoms with Crippen LogP contribution in [0.2, 0.25) is 5.02 Å². The van der Waals surface area contributed by atoms with E-state index >= 15 is 0 Å². The summed E-state index contributed by atoms with van der Waals surface area (Å²) in [6, 6.07) is 14.9. The quantitative estimate of drug-likeness (QED) is 0.753. The highest BCUT2D eigenvalue weighted by molar-refractivity contribution is 6.32. The number of amides is 1. The van der Waals surface area contributed by atoms with Crippen molar-refractivity contribution in [1.29, 1.82) is 0 Å². The minimum absolute atomic E-state index is 0.187. The van der Waals surface area contributed by atoms with E-state index in [2.05, 4.69) is 0 Å². The molecule has 0 aliphatic carbocycles. The average molecular weight is 332 g/mol. The van der Waals surface area contributed by atoms with Gasteiger partial charge < -0.3 is 14.4 Å². The summed E-state index contributed by atoms with van der Waals surface area (Å²) in [6.07, 6.45) is 1.56. The summed E-state index contributed by atoms with van der Waals surface area (Å²) in [5.74, 6) is 1.59. The van der Waals surface area contributed by atoms with Crippen LogP contribution in [-0.2, 0) is 4.79 Å². The Morgan fingerprint density at radius 2 is 1.74 bits per heavy atom. The van der Waals surface area contributed by atoms with Crippen LogP contribution in [0, 0.1) is 0 Å². The van der Waals surface area contributed by atoms with E-state index in [1.165, 1.54) is 0 Å². The molecule has 1 amide bonds. The van der Waals surface area contributed by atoms with Crippen LogP contribution >= 0.6 is 11.6 Å². The predicted octanol–water partition coefficient (Wildman–Crippen LogP) is 3.92. The second-order valence-corrected chi connectivity index (χ2v) is 5.68. The third-order valence-electron chi connectivity index (χ3n) is 3.67. The van der Waals surface area contributed by atoms with Gasteiger partial charge in [-0.25, -0.2) is 0 Å². The smallest absolute Gasteiger partial charge is 0.227 e. The van der Waals surface area contributed by atoms with Crippen LogP contribution in [0.1, 0.15) is 12.8 Å². The lowest BCUT2D eigenvalue weighted by Crippen LogP contribution is -2.23. The molecule has 0 spiro atoms. The normalized spacial score (nSPS) is 14.1. The predicted molar refractivity (Wildman–Crippen MR) is 90.5 cm³/mol. The summed E-state index contributed by atoms with van der Waals surface area (Å²) in [4.78, 5) is 13.5. The van der Waals surface area contributed by atoms with Crippen LogP contribution in [0.3, 0.4) is 0 Å². The number of carbonyl (C=O) groups excluding carboxylic acids is 1. The first-order valence-corrected chi connectivity index (χ1v) is 8.02. The molecular weight excluding hydrogens is 314 g/mol. The monoisotopic (exact) mass is 331 g/mol. The van der Waals surface area contributed by atoms with Crippen LogP contribution in [-0.4, -0.2) is 25.7 Å². The highest BCUT2D eigenvalue weighted by Gasteiger charge is 2.21. The van der Waals surface area contributed by atoms with Gasteiger partial charge in [-0.05, 0) is 42.8 Å². The van der Waals surface area contributed by atoms with Crippen LogP contribution in [0.25, 0.3) is 0 Å². The van der Waals surface area contributed by atoms with Crippen LogP contribution < -0.4 is 14.4 Å². The first-order valence-electron chi connectivity index (χ1n) is 7.64. The van der Waals surface area contributed by atoms with E-state index in [0.717, 1.165) is 24.4 Å². The maximum absolute atomic E-state index is 11.7. The summed E-state index contributed by atoms with van der Waals surface area (Å²) in [5, 5.41) is 0.590. The van der Waals surface area contributed by atoms with E-state index in [4.69, 9.17) is 21.1 Å². The Hall–Kier alpha value is -2.20.